The normalized spacial score (nSPS) is 15.6. The molecule has 1 aliphatic heterocycles. The molecule has 0 saturated carbocycles. The Bertz CT molecular complexity index is 1590. The molecular weight excluding hydrogens is 565 g/mol. The van der Waals surface area contributed by atoms with Crippen LogP contribution in [0.5, 0.6) is 0 Å². The van der Waals surface area contributed by atoms with Crippen molar-refractivity contribution in [3.63, 3.8) is 0 Å². The lowest BCUT2D eigenvalue weighted by atomic mass is 10.1. The minimum atomic E-state index is -5.11. The maximum absolute atomic E-state index is 12.5. The van der Waals surface area contributed by atoms with Gasteiger partial charge in [0.2, 0.25) is 10.0 Å². The highest BCUT2D eigenvalue weighted by Crippen LogP contribution is 2.25. The van der Waals surface area contributed by atoms with Gasteiger partial charge in [-0.05, 0) is 60.9 Å². The Morgan fingerprint density at radius 2 is 1.83 bits per heavy atom. The molecule has 0 spiro atoms. The van der Waals surface area contributed by atoms with Crippen molar-refractivity contribution in [3.05, 3.63) is 77.2 Å². The van der Waals surface area contributed by atoms with Gasteiger partial charge in [-0.15, -0.1) is 4.72 Å². The Morgan fingerprint density at radius 1 is 1.15 bits per heavy atom. The van der Waals surface area contributed by atoms with E-state index >= 15 is 0 Å². The molecule has 15 heteroatoms. The molecular formula is C26H29F3N6O5S. The van der Waals surface area contributed by atoms with Gasteiger partial charge in [0.25, 0.3) is 0 Å². The zero-order valence-corrected chi connectivity index (χ0v) is 22.7. The summed E-state index contributed by atoms with van der Waals surface area (Å²) in [5.41, 5.74) is 7.65. The van der Waals surface area contributed by atoms with Crippen LogP contribution in [0.3, 0.4) is 0 Å². The highest BCUT2D eigenvalue weighted by molar-refractivity contribution is 7.89. The molecule has 2 aromatic carbocycles. The van der Waals surface area contributed by atoms with Gasteiger partial charge in [0.1, 0.15) is 17.7 Å². The van der Waals surface area contributed by atoms with Crippen LogP contribution in [0.25, 0.3) is 10.9 Å². The van der Waals surface area contributed by atoms with Crippen LogP contribution in [0.1, 0.15) is 28.5 Å². The van der Waals surface area contributed by atoms with Gasteiger partial charge in [-0.3, -0.25) is 0 Å². The molecule has 6 N–H and O–H groups in total. The molecule has 0 amide bonds. The maximum Gasteiger partial charge on any atom is 0.470 e. The summed E-state index contributed by atoms with van der Waals surface area (Å²) in [5, 5.41) is 24.1. The van der Waals surface area contributed by atoms with Gasteiger partial charge in [0.15, 0.2) is 0 Å². The lowest BCUT2D eigenvalue weighted by Gasteiger charge is -2.27. The minimum Gasteiger partial charge on any atom is -0.477 e. The van der Waals surface area contributed by atoms with Crippen molar-refractivity contribution < 1.29 is 36.6 Å². The molecule has 0 bridgehead atoms. The molecule has 3 aromatic rings. The maximum atomic E-state index is 12.5. The third-order valence-corrected chi connectivity index (χ3v) is 7.84. The molecule has 1 aliphatic rings. The van der Waals surface area contributed by atoms with E-state index in [1.807, 2.05) is 19.1 Å². The van der Waals surface area contributed by atoms with Gasteiger partial charge >= 0.3 is 12.3 Å². The average Bonchev–Trinajstić information content (AvgIpc) is 3.24. The highest BCUT2D eigenvalue weighted by Gasteiger charge is 2.34. The summed E-state index contributed by atoms with van der Waals surface area (Å²) in [6.07, 6.45) is -2.11. The largest absolute Gasteiger partial charge is 0.477 e. The topological polar surface area (TPSA) is 162 Å². The van der Waals surface area contributed by atoms with E-state index in [4.69, 9.17) is 5.73 Å². The number of nitrogens with zero attached hydrogens (tertiary/aromatic N) is 3. The number of aromatic carboxylic acids is 1. The van der Waals surface area contributed by atoms with Gasteiger partial charge in [0, 0.05) is 36.6 Å². The summed E-state index contributed by atoms with van der Waals surface area (Å²) < 4.78 is 63.5. The number of benzene rings is 2. The first-order valence-corrected chi connectivity index (χ1v) is 13.9. The number of aliphatic imine (C=N–C) groups is 1. The number of nitrogens with one attached hydrogen (secondary N) is 2. The van der Waals surface area contributed by atoms with Gasteiger partial charge in [-0.1, -0.05) is 18.2 Å². The quantitative estimate of drug-likeness (QED) is 0.211. The number of carboxylic acid groups (broad SMARTS) is 1. The molecule has 2 heterocycles. The van der Waals surface area contributed by atoms with Crippen LogP contribution < -0.4 is 15.8 Å². The standard InChI is InChI=1S/C26H29F3N6O5S/c1-16(31-13-24(36)34-9-8-23(30)32-15-34)10-18-4-7-21-19(11-18)12-22(25(37)38)35(21)14-17-2-5-20(6-3-17)41(39,40)33-26(27,28)29/h2-8,11-12,15-16,24,31,33,36H,9-10,13-14,30H2,1H3,(H,37,38). The van der Waals surface area contributed by atoms with E-state index in [-0.39, 0.29) is 24.8 Å². The third kappa shape index (κ3) is 7.64. The van der Waals surface area contributed by atoms with E-state index in [2.05, 4.69) is 10.3 Å². The number of fused-ring (bicyclic) bond motifs is 1. The summed E-state index contributed by atoms with van der Waals surface area (Å²) in [5.74, 6) is -0.769. The van der Waals surface area contributed by atoms with E-state index in [1.54, 1.807) is 21.6 Å². The number of rotatable bonds is 11. The number of aromatic nitrogens is 1. The van der Waals surface area contributed by atoms with Crippen LogP contribution in [-0.4, -0.2) is 72.1 Å². The molecule has 0 radical (unpaired) electrons. The van der Waals surface area contributed by atoms with Crippen molar-refractivity contribution in [1.82, 2.24) is 19.5 Å². The zero-order chi connectivity index (χ0) is 29.9. The van der Waals surface area contributed by atoms with E-state index in [9.17, 15) is 36.6 Å². The van der Waals surface area contributed by atoms with Crippen LogP contribution in [0.2, 0.25) is 0 Å². The lowest BCUT2D eigenvalue weighted by Crippen LogP contribution is -2.45. The van der Waals surface area contributed by atoms with Crippen molar-refractivity contribution in [3.8, 4) is 0 Å². The molecule has 1 aromatic heterocycles. The van der Waals surface area contributed by atoms with Crippen molar-refractivity contribution in [2.24, 2.45) is 10.7 Å². The molecule has 220 valence electrons. The molecule has 41 heavy (non-hydrogen) atoms. The van der Waals surface area contributed by atoms with Gasteiger partial charge in [-0.25, -0.2) is 18.2 Å². The average molecular weight is 595 g/mol. The summed E-state index contributed by atoms with van der Waals surface area (Å²) in [4.78, 5) is 17.0. The predicted octanol–water partition coefficient (Wildman–Crippen LogP) is 2.17. The minimum absolute atomic E-state index is 0.000218. The number of aliphatic hydroxyl groups excluding tert-OH is 1. The number of sulfonamides is 1. The Hall–Kier alpha value is -3.92. The predicted molar refractivity (Wildman–Crippen MR) is 145 cm³/mol. The Labute approximate surface area is 233 Å². The molecule has 2 atom stereocenters. The lowest BCUT2D eigenvalue weighted by molar-refractivity contribution is -0.138. The van der Waals surface area contributed by atoms with Crippen molar-refractivity contribution in [2.45, 2.75) is 43.4 Å². The molecule has 4 rings (SSSR count). The molecule has 11 nitrogen and oxygen atoms in total. The SMILES string of the molecule is CC(Cc1ccc2c(c1)cc(C(=O)O)n2Cc1ccc(S(=O)(=O)NC(F)(F)F)cc1)NCC(O)N1C=NC(N)=CC1. The number of halogens is 3. The van der Waals surface area contributed by atoms with E-state index in [0.29, 0.717) is 40.0 Å². The molecule has 0 saturated heterocycles. The number of carbonyl (C=O) groups is 1. The number of alkyl halides is 3. The third-order valence-electron chi connectivity index (χ3n) is 6.45. The van der Waals surface area contributed by atoms with Crippen molar-refractivity contribution in [1.29, 1.82) is 0 Å². The number of hydrogen-bond acceptors (Lipinski definition) is 8. The second-order valence-corrected chi connectivity index (χ2v) is 11.3. The molecule has 0 aliphatic carbocycles. The zero-order valence-electron chi connectivity index (χ0n) is 21.8. The summed E-state index contributed by atoms with van der Waals surface area (Å²) in [6, 6.07) is 11.8. The Kier molecular flexibility index (Phi) is 8.72. The van der Waals surface area contributed by atoms with Crippen LogP contribution >= 0.6 is 0 Å². The first-order chi connectivity index (χ1) is 19.2. The van der Waals surface area contributed by atoms with E-state index < -0.39 is 33.4 Å². The highest BCUT2D eigenvalue weighted by atomic mass is 32.2. The first-order valence-electron chi connectivity index (χ1n) is 12.4. The van der Waals surface area contributed by atoms with Crippen molar-refractivity contribution in [2.75, 3.05) is 13.1 Å². The van der Waals surface area contributed by atoms with Gasteiger partial charge in [-0.2, -0.15) is 13.2 Å². The first kappa shape index (κ1) is 30.0. The van der Waals surface area contributed by atoms with Gasteiger partial charge < -0.3 is 30.7 Å². The Morgan fingerprint density at radius 3 is 2.44 bits per heavy atom. The fraction of sp³-hybridized carbons (Fsp3) is 0.308. The summed E-state index contributed by atoms with van der Waals surface area (Å²) >= 11 is 0. The van der Waals surface area contributed by atoms with Crippen LogP contribution in [0.15, 0.2) is 70.3 Å². The number of aliphatic hydroxyl groups is 1. The van der Waals surface area contributed by atoms with E-state index in [1.165, 1.54) is 24.5 Å². The summed E-state index contributed by atoms with van der Waals surface area (Å²) in [6.45, 7) is 2.74. The van der Waals surface area contributed by atoms with Crippen LogP contribution in [0, 0.1) is 0 Å². The summed E-state index contributed by atoms with van der Waals surface area (Å²) in [7, 11) is -4.79. The second kappa shape index (κ2) is 11.9. The van der Waals surface area contributed by atoms with Crippen molar-refractivity contribution >= 4 is 33.2 Å². The Balaban J connectivity index is 1.46. The van der Waals surface area contributed by atoms with Gasteiger partial charge in [0.05, 0.1) is 11.2 Å². The van der Waals surface area contributed by atoms with E-state index in [0.717, 1.165) is 17.7 Å². The number of hydrogen-bond donors (Lipinski definition) is 5. The second-order valence-electron chi connectivity index (χ2n) is 9.63. The number of nitrogens with two attached hydrogens (primary N) is 1. The van der Waals surface area contributed by atoms with Crippen LogP contribution in [-0.2, 0) is 23.0 Å². The molecule has 2 unspecified atom stereocenters. The van der Waals surface area contributed by atoms with Crippen LogP contribution in [0.4, 0.5) is 13.2 Å². The smallest absolute Gasteiger partial charge is 0.470 e. The monoisotopic (exact) mass is 594 g/mol. The fourth-order valence-electron chi connectivity index (χ4n) is 4.45. The fourth-order valence-corrected chi connectivity index (χ4v) is 5.37. The molecule has 0 fully saturated rings. The number of carboxylic acids is 1.